The van der Waals surface area contributed by atoms with Crippen LogP contribution in [0.1, 0.15) is 52.9 Å². The van der Waals surface area contributed by atoms with Gasteiger partial charge in [-0.1, -0.05) is 25.5 Å². The van der Waals surface area contributed by atoms with Crippen LogP contribution in [-0.4, -0.2) is 28.4 Å². The van der Waals surface area contributed by atoms with Crippen LogP contribution in [0.2, 0.25) is 0 Å². The predicted molar refractivity (Wildman–Crippen MR) is 102 cm³/mol. The Morgan fingerprint density at radius 1 is 1.39 bits per heavy atom. The van der Waals surface area contributed by atoms with E-state index < -0.39 is 22.6 Å². The maximum absolute atomic E-state index is 16.9. The van der Waals surface area contributed by atoms with Crippen molar-refractivity contribution in [2.75, 3.05) is 0 Å². The highest BCUT2D eigenvalue weighted by Crippen LogP contribution is 2.69. The number of nitriles is 1. The second kappa shape index (κ2) is 6.10. The van der Waals surface area contributed by atoms with Gasteiger partial charge in [0.05, 0.1) is 18.6 Å². The number of alkyl halides is 1. The summed E-state index contributed by atoms with van der Waals surface area (Å²) in [7, 11) is 0. The number of fused-ring (bicyclic) bond motifs is 5. The largest absolute Gasteiger partial charge is 0.390 e. The number of carbonyl (C=O) groups is 2. The molecule has 4 nitrogen and oxygen atoms in total. The average molecular weight is 385 g/mol. The molecule has 4 aliphatic rings. The Hall–Kier alpha value is -1.80. The molecular formula is C23H28FNO3. The van der Waals surface area contributed by atoms with Gasteiger partial charge >= 0.3 is 0 Å². The van der Waals surface area contributed by atoms with Crippen molar-refractivity contribution < 1.29 is 19.1 Å². The summed E-state index contributed by atoms with van der Waals surface area (Å²) in [5.74, 6) is -0.842. The first kappa shape index (κ1) is 19.5. The van der Waals surface area contributed by atoms with E-state index in [9.17, 15) is 14.7 Å². The van der Waals surface area contributed by atoms with E-state index in [-0.39, 0.29) is 48.1 Å². The third-order valence-electron chi connectivity index (χ3n) is 8.58. The van der Waals surface area contributed by atoms with E-state index in [1.54, 1.807) is 13.0 Å². The van der Waals surface area contributed by atoms with E-state index in [1.807, 2.05) is 19.9 Å². The smallest absolute Gasteiger partial charge is 0.178 e. The zero-order valence-electron chi connectivity index (χ0n) is 16.7. The first-order chi connectivity index (χ1) is 13.1. The first-order valence-corrected chi connectivity index (χ1v) is 10.3. The number of halogens is 1. The molecule has 3 fully saturated rings. The Balaban J connectivity index is 1.78. The molecule has 3 saturated carbocycles. The van der Waals surface area contributed by atoms with Gasteiger partial charge in [0.2, 0.25) is 0 Å². The van der Waals surface area contributed by atoms with Crippen LogP contribution in [0.25, 0.3) is 0 Å². The summed E-state index contributed by atoms with van der Waals surface area (Å²) in [6, 6.07) is 1.97. The lowest BCUT2D eigenvalue weighted by atomic mass is 9.45. The fourth-order valence-corrected chi connectivity index (χ4v) is 7.45. The van der Waals surface area contributed by atoms with Crippen LogP contribution >= 0.6 is 0 Å². The number of nitrogens with zero attached hydrogens (tertiary/aromatic N) is 1. The Bertz CT molecular complexity index is 841. The SMILES string of the molecule is C[C@@H]1CC2C3CCC4=CC(=O)C=C[C@]4(C)[C@@]3(F)[C@@H](O)C[C@]2(C)C1C(=O)CC#N. The first-order valence-electron chi connectivity index (χ1n) is 10.3. The van der Waals surface area contributed by atoms with E-state index in [0.717, 1.165) is 12.0 Å². The number of rotatable bonds is 2. The molecule has 3 unspecified atom stereocenters. The van der Waals surface area contributed by atoms with Crippen molar-refractivity contribution in [3.05, 3.63) is 23.8 Å². The summed E-state index contributed by atoms with van der Waals surface area (Å²) in [5, 5.41) is 20.2. The second-order valence-electron chi connectivity index (χ2n) is 9.84. The van der Waals surface area contributed by atoms with E-state index in [0.29, 0.717) is 12.8 Å². The van der Waals surface area contributed by atoms with Crippen LogP contribution in [0.4, 0.5) is 4.39 Å². The normalized spacial score (nSPS) is 49.5. The van der Waals surface area contributed by atoms with Crippen LogP contribution in [0.5, 0.6) is 0 Å². The number of Topliss-reactive ketones (excluding diaryl/α,β-unsaturated/α-hetero) is 1. The summed E-state index contributed by atoms with van der Waals surface area (Å²) in [6.45, 7) is 5.83. The minimum absolute atomic E-state index is 0.0204. The van der Waals surface area contributed by atoms with Crippen LogP contribution < -0.4 is 0 Å². The van der Waals surface area contributed by atoms with Gasteiger partial charge in [0, 0.05) is 17.3 Å². The number of aliphatic hydroxyl groups is 1. The molecule has 28 heavy (non-hydrogen) atoms. The molecule has 4 rings (SSSR count). The Morgan fingerprint density at radius 3 is 2.79 bits per heavy atom. The average Bonchev–Trinajstić information content (AvgIpc) is 2.87. The van der Waals surface area contributed by atoms with Gasteiger partial charge in [0.1, 0.15) is 0 Å². The van der Waals surface area contributed by atoms with Gasteiger partial charge in [-0.05, 0) is 62.0 Å². The monoisotopic (exact) mass is 385 g/mol. The standard InChI is InChI=1S/C23H28FNO3/c1-13-10-17-16-5-4-14-11-15(26)6-8-22(14,3)23(16,24)19(28)12-21(17,2)20(13)18(27)7-9-25/h6,8,11,13,16-17,19-20,28H,4-5,7,10,12H2,1-3H3/t13-,16?,17?,19+,20?,21+,22+,23+/m1/s1. The fourth-order valence-electron chi connectivity index (χ4n) is 7.45. The third kappa shape index (κ3) is 2.24. The van der Waals surface area contributed by atoms with E-state index in [1.165, 1.54) is 12.2 Å². The zero-order valence-corrected chi connectivity index (χ0v) is 16.7. The Morgan fingerprint density at radius 2 is 2.11 bits per heavy atom. The molecule has 1 N–H and O–H groups in total. The molecule has 0 heterocycles. The van der Waals surface area contributed by atoms with Crippen molar-refractivity contribution in [1.29, 1.82) is 5.26 Å². The van der Waals surface area contributed by atoms with Crippen LogP contribution in [0, 0.1) is 45.8 Å². The summed E-state index contributed by atoms with van der Waals surface area (Å²) < 4.78 is 16.9. The molecule has 8 atom stereocenters. The predicted octanol–water partition coefficient (Wildman–Crippen LogP) is 3.70. The molecule has 0 aromatic carbocycles. The fraction of sp³-hybridized carbons (Fsp3) is 0.696. The highest BCUT2D eigenvalue weighted by atomic mass is 19.1. The number of aliphatic hydroxyl groups excluding tert-OH is 1. The third-order valence-corrected chi connectivity index (χ3v) is 8.58. The Kier molecular flexibility index (Phi) is 4.25. The van der Waals surface area contributed by atoms with Crippen molar-refractivity contribution in [2.24, 2.45) is 34.5 Å². The molecule has 0 radical (unpaired) electrons. The second-order valence-corrected chi connectivity index (χ2v) is 9.84. The maximum Gasteiger partial charge on any atom is 0.178 e. The number of hydrogen-bond acceptors (Lipinski definition) is 4. The molecule has 0 spiro atoms. The topological polar surface area (TPSA) is 78.2 Å². The highest BCUT2D eigenvalue weighted by molar-refractivity contribution is 6.01. The van der Waals surface area contributed by atoms with Crippen molar-refractivity contribution in [1.82, 2.24) is 0 Å². The van der Waals surface area contributed by atoms with Crippen LogP contribution in [0.15, 0.2) is 23.8 Å². The number of carbonyl (C=O) groups excluding carboxylic acids is 2. The molecule has 0 aromatic heterocycles. The molecule has 150 valence electrons. The number of allylic oxidation sites excluding steroid dienone is 4. The van der Waals surface area contributed by atoms with Crippen molar-refractivity contribution in [3.8, 4) is 6.07 Å². The molecule has 0 aliphatic heterocycles. The number of hydrogen-bond donors (Lipinski definition) is 1. The lowest BCUT2D eigenvalue weighted by Crippen LogP contribution is -2.66. The van der Waals surface area contributed by atoms with Crippen molar-refractivity contribution in [2.45, 2.75) is 64.6 Å². The highest BCUT2D eigenvalue weighted by Gasteiger charge is 2.71. The van der Waals surface area contributed by atoms with Gasteiger partial charge in [-0.15, -0.1) is 0 Å². The Labute approximate surface area is 165 Å². The van der Waals surface area contributed by atoms with E-state index in [4.69, 9.17) is 5.26 Å². The lowest BCUT2D eigenvalue weighted by molar-refractivity contribution is -0.195. The van der Waals surface area contributed by atoms with Gasteiger partial charge in [-0.25, -0.2) is 4.39 Å². The minimum Gasteiger partial charge on any atom is -0.390 e. The molecule has 0 bridgehead atoms. The van der Waals surface area contributed by atoms with Gasteiger partial charge in [0.15, 0.2) is 17.2 Å². The van der Waals surface area contributed by atoms with E-state index in [2.05, 4.69) is 0 Å². The van der Waals surface area contributed by atoms with Gasteiger partial charge in [-0.2, -0.15) is 5.26 Å². The number of ketones is 2. The molecule has 0 amide bonds. The minimum atomic E-state index is -1.86. The summed E-state index contributed by atoms with van der Waals surface area (Å²) in [4.78, 5) is 24.6. The molecule has 4 aliphatic carbocycles. The van der Waals surface area contributed by atoms with Crippen molar-refractivity contribution >= 4 is 11.6 Å². The summed E-state index contributed by atoms with van der Waals surface area (Å²) >= 11 is 0. The van der Waals surface area contributed by atoms with E-state index >= 15 is 4.39 Å². The maximum atomic E-state index is 16.9. The molecule has 0 aromatic rings. The van der Waals surface area contributed by atoms with Gasteiger partial charge < -0.3 is 5.11 Å². The van der Waals surface area contributed by atoms with Crippen LogP contribution in [0.3, 0.4) is 0 Å². The van der Waals surface area contributed by atoms with Gasteiger partial charge in [0.25, 0.3) is 0 Å². The van der Waals surface area contributed by atoms with Crippen molar-refractivity contribution in [3.63, 3.8) is 0 Å². The quantitative estimate of drug-likeness (QED) is 0.786. The lowest BCUT2D eigenvalue weighted by Gasteiger charge is -2.62. The molecule has 0 saturated heterocycles. The van der Waals surface area contributed by atoms with Crippen LogP contribution in [-0.2, 0) is 9.59 Å². The summed E-state index contributed by atoms with van der Waals surface area (Å²) in [5.41, 5.74) is -2.59. The summed E-state index contributed by atoms with van der Waals surface area (Å²) in [6.07, 6.45) is 5.41. The molecular weight excluding hydrogens is 357 g/mol. The zero-order chi connectivity index (χ0) is 20.5. The molecule has 5 heteroatoms. The van der Waals surface area contributed by atoms with Gasteiger partial charge in [-0.3, -0.25) is 9.59 Å².